The van der Waals surface area contributed by atoms with E-state index in [1.807, 2.05) is 26.0 Å². The molecule has 0 bridgehead atoms. The van der Waals surface area contributed by atoms with Crippen LogP contribution in [0.2, 0.25) is 0 Å². The maximum Gasteiger partial charge on any atom is 0.319 e. The maximum absolute atomic E-state index is 12.6. The summed E-state index contributed by atoms with van der Waals surface area (Å²) < 4.78 is 1.41. The SMILES string of the molecule is Cc1cc(C)cc(NC(=O)NCC2CCN(C(=O)c3cccn(C)c3=O)CC2)c1. The smallest absolute Gasteiger partial charge is 0.319 e. The average Bonchev–Trinajstić information content (AvgIpc) is 2.67. The Morgan fingerprint density at radius 2 is 1.76 bits per heavy atom. The van der Waals surface area contributed by atoms with Crippen molar-refractivity contribution in [3.05, 3.63) is 63.6 Å². The predicted molar refractivity (Wildman–Crippen MR) is 113 cm³/mol. The number of carbonyl (C=O) groups is 2. The van der Waals surface area contributed by atoms with E-state index in [1.165, 1.54) is 4.57 Å². The molecular formula is C22H28N4O3. The minimum Gasteiger partial charge on any atom is -0.338 e. The minimum absolute atomic E-state index is 0.208. The molecule has 0 spiro atoms. The van der Waals surface area contributed by atoms with Gasteiger partial charge in [-0.25, -0.2) is 4.79 Å². The number of rotatable bonds is 4. The zero-order valence-electron chi connectivity index (χ0n) is 17.2. The highest BCUT2D eigenvalue weighted by atomic mass is 16.2. The third kappa shape index (κ3) is 5.25. The van der Waals surface area contributed by atoms with Crippen molar-refractivity contribution in [3.63, 3.8) is 0 Å². The lowest BCUT2D eigenvalue weighted by molar-refractivity contribution is 0.0688. The molecule has 0 aliphatic carbocycles. The van der Waals surface area contributed by atoms with Crippen molar-refractivity contribution in [1.29, 1.82) is 0 Å². The number of likely N-dealkylation sites (tertiary alicyclic amines) is 1. The molecule has 0 saturated carbocycles. The first kappa shape index (κ1) is 20.6. The highest BCUT2D eigenvalue weighted by Gasteiger charge is 2.25. The Morgan fingerprint density at radius 1 is 1.10 bits per heavy atom. The molecule has 0 radical (unpaired) electrons. The number of aromatic nitrogens is 1. The highest BCUT2D eigenvalue weighted by Crippen LogP contribution is 2.18. The van der Waals surface area contributed by atoms with E-state index in [-0.39, 0.29) is 23.1 Å². The number of carbonyl (C=O) groups excluding carboxylic acids is 2. The zero-order valence-corrected chi connectivity index (χ0v) is 17.2. The van der Waals surface area contributed by atoms with Gasteiger partial charge in [0, 0.05) is 38.6 Å². The molecule has 1 aliphatic heterocycles. The lowest BCUT2D eigenvalue weighted by atomic mass is 9.96. The van der Waals surface area contributed by atoms with Crippen LogP contribution in [0, 0.1) is 19.8 Å². The summed E-state index contributed by atoms with van der Waals surface area (Å²) in [4.78, 5) is 38.7. The molecule has 1 aliphatic rings. The molecule has 0 atom stereocenters. The van der Waals surface area contributed by atoms with Crippen LogP contribution in [0.25, 0.3) is 0 Å². The Hall–Kier alpha value is -3.09. The third-order valence-corrected chi connectivity index (χ3v) is 5.29. The van der Waals surface area contributed by atoms with E-state index < -0.39 is 0 Å². The van der Waals surface area contributed by atoms with Crippen LogP contribution >= 0.6 is 0 Å². The van der Waals surface area contributed by atoms with Gasteiger partial charge in [-0.05, 0) is 68.0 Å². The summed E-state index contributed by atoms with van der Waals surface area (Å²) >= 11 is 0. The number of nitrogens with one attached hydrogen (secondary N) is 2. The summed E-state index contributed by atoms with van der Waals surface area (Å²) in [7, 11) is 1.64. The van der Waals surface area contributed by atoms with Crippen molar-refractivity contribution in [2.45, 2.75) is 26.7 Å². The first-order valence-corrected chi connectivity index (χ1v) is 9.91. The quantitative estimate of drug-likeness (QED) is 0.833. The number of amides is 3. The van der Waals surface area contributed by atoms with Crippen molar-refractivity contribution >= 4 is 17.6 Å². The van der Waals surface area contributed by atoms with Gasteiger partial charge in [0.1, 0.15) is 5.56 Å². The first-order chi connectivity index (χ1) is 13.8. The molecule has 1 fully saturated rings. The standard InChI is InChI=1S/C22H28N4O3/c1-15-11-16(2)13-18(12-15)24-22(29)23-14-17-6-9-26(10-7-17)21(28)19-5-4-8-25(3)20(19)27/h4-5,8,11-13,17H,6-7,9-10,14H2,1-3H3,(H2,23,24,29). The first-order valence-electron chi connectivity index (χ1n) is 9.91. The van der Waals surface area contributed by atoms with Gasteiger partial charge in [-0.2, -0.15) is 0 Å². The van der Waals surface area contributed by atoms with Crippen LogP contribution in [0.15, 0.2) is 41.3 Å². The summed E-state index contributed by atoms with van der Waals surface area (Å²) in [6, 6.07) is 9.00. The molecule has 7 nitrogen and oxygen atoms in total. The van der Waals surface area contributed by atoms with Crippen LogP contribution in [0.4, 0.5) is 10.5 Å². The largest absolute Gasteiger partial charge is 0.338 e. The topological polar surface area (TPSA) is 83.4 Å². The highest BCUT2D eigenvalue weighted by molar-refractivity contribution is 5.94. The molecule has 7 heteroatoms. The monoisotopic (exact) mass is 396 g/mol. The number of pyridine rings is 1. The van der Waals surface area contributed by atoms with Crippen molar-refractivity contribution in [2.24, 2.45) is 13.0 Å². The second-order valence-electron chi connectivity index (χ2n) is 7.78. The van der Waals surface area contributed by atoms with Crippen LogP contribution in [0.1, 0.15) is 34.3 Å². The molecule has 29 heavy (non-hydrogen) atoms. The van der Waals surface area contributed by atoms with Crippen LogP contribution in [-0.2, 0) is 7.05 Å². The normalized spacial score (nSPS) is 14.5. The number of piperidine rings is 1. The van der Waals surface area contributed by atoms with Gasteiger partial charge in [0.15, 0.2) is 0 Å². The molecule has 0 unspecified atom stereocenters. The number of aryl methyl sites for hydroxylation is 3. The van der Waals surface area contributed by atoms with Gasteiger partial charge in [0.05, 0.1) is 0 Å². The summed E-state index contributed by atoms with van der Waals surface area (Å²) in [5.41, 5.74) is 2.92. The second kappa shape index (κ2) is 8.94. The average molecular weight is 396 g/mol. The Labute approximate surface area is 170 Å². The number of hydrogen-bond donors (Lipinski definition) is 2. The Morgan fingerprint density at radius 3 is 2.41 bits per heavy atom. The Kier molecular flexibility index (Phi) is 6.36. The van der Waals surface area contributed by atoms with E-state index >= 15 is 0 Å². The van der Waals surface area contributed by atoms with Gasteiger partial charge in [-0.1, -0.05) is 6.07 Å². The van der Waals surface area contributed by atoms with Gasteiger partial charge in [0.25, 0.3) is 11.5 Å². The summed E-state index contributed by atoms with van der Waals surface area (Å²) in [5.74, 6) is 0.0906. The van der Waals surface area contributed by atoms with Crippen LogP contribution < -0.4 is 16.2 Å². The molecule has 154 valence electrons. The summed E-state index contributed by atoms with van der Waals surface area (Å²) in [6.07, 6.45) is 3.23. The van der Waals surface area contributed by atoms with Crippen molar-refractivity contribution < 1.29 is 9.59 Å². The van der Waals surface area contributed by atoms with Gasteiger partial charge < -0.3 is 20.1 Å². The number of nitrogens with zero attached hydrogens (tertiary/aromatic N) is 2. The van der Waals surface area contributed by atoms with Crippen molar-refractivity contribution in [3.8, 4) is 0 Å². The molecule has 2 N–H and O–H groups in total. The van der Waals surface area contributed by atoms with E-state index in [2.05, 4.69) is 16.7 Å². The number of urea groups is 1. The number of anilines is 1. The van der Waals surface area contributed by atoms with E-state index in [0.29, 0.717) is 25.6 Å². The maximum atomic E-state index is 12.6. The van der Waals surface area contributed by atoms with Crippen LogP contribution in [0.5, 0.6) is 0 Å². The Balaban J connectivity index is 1.47. The minimum atomic E-state index is -0.274. The summed E-state index contributed by atoms with van der Waals surface area (Å²) in [5, 5.41) is 5.80. The second-order valence-corrected chi connectivity index (χ2v) is 7.78. The van der Waals surface area contributed by atoms with Gasteiger partial charge in [0.2, 0.25) is 0 Å². The lowest BCUT2D eigenvalue weighted by Gasteiger charge is -2.32. The fourth-order valence-electron chi connectivity index (χ4n) is 3.73. The fourth-order valence-corrected chi connectivity index (χ4v) is 3.73. The van der Waals surface area contributed by atoms with Crippen molar-refractivity contribution in [1.82, 2.24) is 14.8 Å². The molecule has 2 aromatic rings. The summed E-state index contributed by atoms with van der Waals surface area (Å²) in [6.45, 7) is 5.72. The van der Waals surface area contributed by atoms with E-state index in [9.17, 15) is 14.4 Å². The van der Waals surface area contributed by atoms with Crippen molar-refractivity contribution in [2.75, 3.05) is 25.0 Å². The van der Waals surface area contributed by atoms with Gasteiger partial charge in [-0.15, -0.1) is 0 Å². The third-order valence-electron chi connectivity index (χ3n) is 5.29. The number of hydrogen-bond acceptors (Lipinski definition) is 3. The van der Waals surface area contributed by atoms with Gasteiger partial charge >= 0.3 is 6.03 Å². The van der Waals surface area contributed by atoms with Crippen LogP contribution in [-0.4, -0.2) is 41.0 Å². The zero-order chi connectivity index (χ0) is 21.0. The fraction of sp³-hybridized carbons (Fsp3) is 0.409. The molecular weight excluding hydrogens is 368 g/mol. The van der Waals surface area contributed by atoms with Gasteiger partial charge in [-0.3, -0.25) is 9.59 Å². The predicted octanol–water partition coefficient (Wildman–Crippen LogP) is 2.68. The molecule has 1 saturated heterocycles. The van der Waals surface area contributed by atoms with E-state index in [1.54, 1.807) is 30.3 Å². The number of benzene rings is 1. The van der Waals surface area contributed by atoms with E-state index in [4.69, 9.17) is 0 Å². The van der Waals surface area contributed by atoms with E-state index in [0.717, 1.165) is 29.7 Å². The Bertz CT molecular complexity index is 939. The molecule has 3 rings (SSSR count). The molecule has 1 aromatic carbocycles. The van der Waals surface area contributed by atoms with Crippen LogP contribution in [0.3, 0.4) is 0 Å². The molecule has 2 heterocycles. The molecule has 3 amide bonds. The molecule has 1 aromatic heterocycles. The lowest BCUT2D eigenvalue weighted by Crippen LogP contribution is -2.43.